The fourth-order valence-corrected chi connectivity index (χ4v) is 2.38. The Hall–Kier alpha value is -1.42. The number of rotatable bonds is 9. The maximum absolute atomic E-state index is 5.76. The quantitative estimate of drug-likeness (QED) is 0.539. The van der Waals surface area contributed by atoms with Gasteiger partial charge < -0.3 is 20.5 Å². The molecule has 4 nitrogen and oxygen atoms in total. The molecular formula is C16H26N2O2. The fraction of sp³-hybridized carbons (Fsp3) is 0.625. The molecule has 0 radical (unpaired) electrons. The van der Waals surface area contributed by atoms with Crippen LogP contribution in [0.2, 0.25) is 0 Å². The van der Waals surface area contributed by atoms with E-state index in [-0.39, 0.29) is 0 Å². The van der Waals surface area contributed by atoms with Gasteiger partial charge in [0, 0.05) is 24.3 Å². The van der Waals surface area contributed by atoms with Crippen LogP contribution in [0.15, 0.2) is 18.2 Å². The Morgan fingerprint density at radius 3 is 2.80 bits per heavy atom. The summed E-state index contributed by atoms with van der Waals surface area (Å²) in [6, 6.07) is 6.09. The van der Waals surface area contributed by atoms with Gasteiger partial charge in [0.15, 0.2) is 11.5 Å². The average molecular weight is 278 g/mol. The van der Waals surface area contributed by atoms with Gasteiger partial charge in [0.05, 0.1) is 7.11 Å². The number of nitrogens with two attached hydrogens (primary N) is 1. The summed E-state index contributed by atoms with van der Waals surface area (Å²) >= 11 is 0. The van der Waals surface area contributed by atoms with Crippen molar-refractivity contribution in [1.29, 1.82) is 0 Å². The van der Waals surface area contributed by atoms with Crippen molar-refractivity contribution in [1.82, 2.24) is 5.32 Å². The molecule has 2 rings (SSSR count). The van der Waals surface area contributed by atoms with Crippen LogP contribution in [0.4, 0.5) is 5.69 Å². The molecule has 1 fully saturated rings. The predicted molar refractivity (Wildman–Crippen MR) is 82.3 cm³/mol. The van der Waals surface area contributed by atoms with Gasteiger partial charge in [-0.15, -0.1) is 0 Å². The Morgan fingerprint density at radius 2 is 2.15 bits per heavy atom. The molecule has 0 heterocycles. The highest BCUT2D eigenvalue weighted by Crippen LogP contribution is 2.34. The summed E-state index contributed by atoms with van der Waals surface area (Å²) in [5, 5.41) is 3.57. The van der Waals surface area contributed by atoms with E-state index in [9.17, 15) is 0 Å². The van der Waals surface area contributed by atoms with Crippen molar-refractivity contribution < 1.29 is 9.47 Å². The molecule has 0 aromatic heterocycles. The van der Waals surface area contributed by atoms with Crippen LogP contribution < -0.4 is 20.5 Å². The average Bonchev–Trinajstić information content (AvgIpc) is 3.27. The third-order valence-electron chi connectivity index (χ3n) is 3.79. The van der Waals surface area contributed by atoms with Crippen LogP contribution in [0.3, 0.4) is 0 Å². The lowest BCUT2D eigenvalue weighted by Gasteiger charge is -2.17. The first-order chi connectivity index (χ1) is 9.72. The molecule has 1 unspecified atom stereocenters. The summed E-state index contributed by atoms with van der Waals surface area (Å²) in [6.45, 7) is 3.74. The van der Waals surface area contributed by atoms with E-state index < -0.39 is 0 Å². The number of methoxy groups -OCH3 is 1. The Morgan fingerprint density at radius 1 is 1.35 bits per heavy atom. The molecule has 1 atom stereocenters. The van der Waals surface area contributed by atoms with Crippen molar-refractivity contribution in [2.24, 2.45) is 5.92 Å². The Labute approximate surface area is 121 Å². The zero-order valence-electron chi connectivity index (χ0n) is 12.5. The van der Waals surface area contributed by atoms with E-state index in [0.29, 0.717) is 24.1 Å². The zero-order valence-corrected chi connectivity index (χ0v) is 12.5. The molecule has 1 aliphatic rings. The van der Waals surface area contributed by atoms with Crippen molar-refractivity contribution in [3.63, 3.8) is 0 Å². The molecule has 1 saturated carbocycles. The molecule has 0 aliphatic heterocycles. The van der Waals surface area contributed by atoms with E-state index >= 15 is 0 Å². The molecule has 4 heteroatoms. The second kappa shape index (κ2) is 7.39. The van der Waals surface area contributed by atoms with Crippen LogP contribution in [0, 0.1) is 5.92 Å². The topological polar surface area (TPSA) is 56.5 Å². The zero-order chi connectivity index (χ0) is 14.4. The van der Waals surface area contributed by atoms with Crippen LogP contribution in [-0.4, -0.2) is 26.3 Å². The third kappa shape index (κ3) is 4.60. The van der Waals surface area contributed by atoms with Gasteiger partial charge in [0.2, 0.25) is 0 Å². The maximum Gasteiger partial charge on any atom is 0.162 e. The molecule has 1 aromatic rings. The van der Waals surface area contributed by atoms with Gasteiger partial charge in [-0.1, -0.05) is 19.8 Å². The van der Waals surface area contributed by atoms with E-state index in [1.54, 1.807) is 13.2 Å². The van der Waals surface area contributed by atoms with E-state index in [1.165, 1.54) is 25.7 Å². The molecule has 3 N–H and O–H groups in total. The minimum Gasteiger partial charge on any atom is -0.493 e. The molecule has 0 spiro atoms. The first-order valence-corrected chi connectivity index (χ1v) is 7.52. The van der Waals surface area contributed by atoms with Crippen molar-refractivity contribution in [2.75, 3.05) is 26.0 Å². The number of benzene rings is 1. The highest BCUT2D eigenvalue weighted by atomic mass is 16.5. The monoisotopic (exact) mass is 278 g/mol. The Kier molecular flexibility index (Phi) is 5.53. The standard InChI is InChI=1S/C16H26N2O2/c1-3-14(10-12-4-5-12)18-8-9-20-15-7-6-13(17)11-16(15)19-2/h6-7,11-12,14,18H,3-5,8-10,17H2,1-2H3. The lowest BCUT2D eigenvalue weighted by molar-refractivity contribution is 0.282. The summed E-state index contributed by atoms with van der Waals surface area (Å²) < 4.78 is 11.0. The highest BCUT2D eigenvalue weighted by molar-refractivity contribution is 5.51. The SMILES string of the molecule is CCC(CC1CC1)NCCOc1ccc(N)cc1OC. The first kappa shape index (κ1) is 15.0. The third-order valence-corrected chi connectivity index (χ3v) is 3.79. The van der Waals surface area contributed by atoms with Crippen LogP contribution in [0.25, 0.3) is 0 Å². The number of anilines is 1. The van der Waals surface area contributed by atoms with Crippen LogP contribution in [-0.2, 0) is 0 Å². The van der Waals surface area contributed by atoms with Crippen molar-refractivity contribution in [2.45, 2.75) is 38.6 Å². The maximum atomic E-state index is 5.76. The lowest BCUT2D eigenvalue weighted by Crippen LogP contribution is -2.32. The number of ether oxygens (including phenoxy) is 2. The highest BCUT2D eigenvalue weighted by Gasteiger charge is 2.24. The first-order valence-electron chi connectivity index (χ1n) is 7.52. The molecule has 0 bridgehead atoms. The van der Waals surface area contributed by atoms with E-state index in [1.807, 2.05) is 12.1 Å². The summed E-state index contributed by atoms with van der Waals surface area (Å²) in [5.74, 6) is 2.40. The van der Waals surface area contributed by atoms with Crippen LogP contribution >= 0.6 is 0 Å². The molecule has 112 valence electrons. The van der Waals surface area contributed by atoms with Crippen molar-refractivity contribution in [3.8, 4) is 11.5 Å². The largest absolute Gasteiger partial charge is 0.493 e. The van der Waals surface area contributed by atoms with E-state index in [0.717, 1.165) is 18.2 Å². The summed E-state index contributed by atoms with van der Waals surface area (Å²) in [5.41, 5.74) is 6.40. The van der Waals surface area contributed by atoms with Crippen LogP contribution in [0.5, 0.6) is 11.5 Å². The second-order valence-corrected chi connectivity index (χ2v) is 5.50. The summed E-state index contributed by atoms with van der Waals surface area (Å²) in [4.78, 5) is 0. The van der Waals surface area contributed by atoms with Gasteiger partial charge in [-0.3, -0.25) is 0 Å². The number of hydrogen-bond donors (Lipinski definition) is 2. The second-order valence-electron chi connectivity index (χ2n) is 5.50. The number of hydrogen-bond acceptors (Lipinski definition) is 4. The summed E-state index contributed by atoms with van der Waals surface area (Å²) in [7, 11) is 1.63. The molecule has 1 aliphatic carbocycles. The van der Waals surface area contributed by atoms with E-state index in [4.69, 9.17) is 15.2 Å². The van der Waals surface area contributed by atoms with Crippen molar-refractivity contribution >= 4 is 5.69 Å². The number of nitrogen functional groups attached to an aromatic ring is 1. The summed E-state index contributed by atoms with van der Waals surface area (Å²) in [6.07, 6.45) is 5.32. The minimum atomic E-state index is 0.624. The fourth-order valence-electron chi connectivity index (χ4n) is 2.38. The molecule has 20 heavy (non-hydrogen) atoms. The molecule has 0 saturated heterocycles. The van der Waals surface area contributed by atoms with Crippen LogP contribution in [0.1, 0.15) is 32.6 Å². The van der Waals surface area contributed by atoms with Gasteiger partial charge in [-0.2, -0.15) is 0 Å². The van der Waals surface area contributed by atoms with Gasteiger partial charge in [-0.05, 0) is 30.9 Å². The van der Waals surface area contributed by atoms with Gasteiger partial charge in [0.25, 0.3) is 0 Å². The lowest BCUT2D eigenvalue weighted by atomic mass is 10.1. The molecular weight excluding hydrogens is 252 g/mol. The normalized spacial score (nSPS) is 15.9. The van der Waals surface area contributed by atoms with Crippen molar-refractivity contribution in [3.05, 3.63) is 18.2 Å². The van der Waals surface area contributed by atoms with Gasteiger partial charge >= 0.3 is 0 Å². The number of nitrogens with one attached hydrogen (secondary N) is 1. The molecule has 1 aromatic carbocycles. The smallest absolute Gasteiger partial charge is 0.162 e. The Bertz CT molecular complexity index is 419. The predicted octanol–water partition coefficient (Wildman–Crippen LogP) is 2.82. The van der Waals surface area contributed by atoms with Gasteiger partial charge in [0.1, 0.15) is 6.61 Å². The molecule has 0 amide bonds. The Balaban J connectivity index is 1.71. The van der Waals surface area contributed by atoms with E-state index in [2.05, 4.69) is 12.2 Å². The minimum absolute atomic E-state index is 0.624. The van der Waals surface area contributed by atoms with Gasteiger partial charge in [-0.25, -0.2) is 0 Å².